The van der Waals surface area contributed by atoms with Crippen molar-refractivity contribution in [2.24, 2.45) is 0 Å². The summed E-state index contributed by atoms with van der Waals surface area (Å²) >= 11 is 0. The molecule has 2 rings (SSSR count). The van der Waals surface area contributed by atoms with Gasteiger partial charge in [0.2, 0.25) is 0 Å². The van der Waals surface area contributed by atoms with Crippen LogP contribution in [0, 0.1) is 0 Å². The van der Waals surface area contributed by atoms with E-state index in [4.69, 9.17) is 9.47 Å². The van der Waals surface area contributed by atoms with E-state index in [9.17, 15) is 4.79 Å². The van der Waals surface area contributed by atoms with Crippen LogP contribution in [0.5, 0.6) is 11.5 Å². The zero-order chi connectivity index (χ0) is 14.5. The van der Waals surface area contributed by atoms with E-state index in [0.29, 0.717) is 17.5 Å². The van der Waals surface area contributed by atoms with E-state index in [-0.39, 0.29) is 18.6 Å². The van der Waals surface area contributed by atoms with Crippen LogP contribution in [-0.4, -0.2) is 32.7 Å². The van der Waals surface area contributed by atoms with Gasteiger partial charge in [0.15, 0.2) is 18.1 Å². The molecule has 5 nitrogen and oxygen atoms in total. The average molecular weight is 278 g/mol. The van der Waals surface area contributed by atoms with Gasteiger partial charge in [0.25, 0.3) is 5.91 Å². The van der Waals surface area contributed by atoms with Gasteiger partial charge in [-0.2, -0.15) is 0 Å². The molecular weight excluding hydrogens is 256 g/mol. The number of ether oxygens (including phenoxy) is 2. The van der Waals surface area contributed by atoms with E-state index in [0.717, 1.165) is 18.4 Å². The van der Waals surface area contributed by atoms with Crippen molar-refractivity contribution < 1.29 is 14.3 Å². The summed E-state index contributed by atoms with van der Waals surface area (Å²) in [7, 11) is 3.50. The second-order valence-corrected chi connectivity index (χ2v) is 5.05. The predicted octanol–water partition coefficient (Wildman–Crippen LogP) is 1.63. The first-order valence-corrected chi connectivity index (χ1v) is 6.91. The number of benzene rings is 1. The summed E-state index contributed by atoms with van der Waals surface area (Å²) in [4.78, 5) is 11.6. The normalized spacial score (nSPS) is 15.6. The Morgan fingerprint density at radius 3 is 2.75 bits per heavy atom. The quantitative estimate of drug-likeness (QED) is 0.796. The van der Waals surface area contributed by atoms with Crippen LogP contribution in [0.1, 0.15) is 31.4 Å². The van der Waals surface area contributed by atoms with E-state index in [2.05, 4.69) is 17.6 Å². The molecule has 0 spiro atoms. The Morgan fingerprint density at radius 1 is 1.40 bits per heavy atom. The molecule has 2 N–H and O–H groups in total. The molecule has 0 aliphatic heterocycles. The van der Waals surface area contributed by atoms with E-state index in [1.165, 1.54) is 0 Å². The number of carbonyl (C=O) groups excluding carboxylic acids is 1. The minimum Gasteiger partial charge on any atom is -0.493 e. The summed E-state index contributed by atoms with van der Waals surface area (Å²) < 4.78 is 10.9. The predicted molar refractivity (Wildman–Crippen MR) is 77.1 cm³/mol. The van der Waals surface area contributed by atoms with Gasteiger partial charge in [-0.1, -0.05) is 6.07 Å². The highest BCUT2D eigenvalue weighted by Gasteiger charge is 2.23. The lowest BCUT2D eigenvalue weighted by Gasteiger charge is -2.15. The first-order valence-electron chi connectivity index (χ1n) is 6.91. The highest BCUT2D eigenvalue weighted by molar-refractivity contribution is 5.78. The highest BCUT2D eigenvalue weighted by atomic mass is 16.5. The van der Waals surface area contributed by atoms with Crippen LogP contribution in [0.2, 0.25) is 0 Å². The minimum absolute atomic E-state index is 0.0216. The molecule has 1 fully saturated rings. The summed E-state index contributed by atoms with van der Waals surface area (Å²) in [5.74, 6) is 1.15. The van der Waals surface area contributed by atoms with Crippen LogP contribution in [0.15, 0.2) is 18.2 Å². The lowest BCUT2D eigenvalue weighted by molar-refractivity contribution is -0.123. The van der Waals surface area contributed by atoms with Gasteiger partial charge in [0.1, 0.15) is 0 Å². The molecule has 1 aromatic rings. The molecule has 5 heteroatoms. The number of methoxy groups -OCH3 is 1. The van der Waals surface area contributed by atoms with Crippen molar-refractivity contribution in [1.29, 1.82) is 0 Å². The van der Waals surface area contributed by atoms with Crippen LogP contribution < -0.4 is 20.1 Å². The first kappa shape index (κ1) is 14.7. The van der Waals surface area contributed by atoms with Crippen molar-refractivity contribution in [3.63, 3.8) is 0 Å². The molecule has 1 aliphatic rings. The van der Waals surface area contributed by atoms with Gasteiger partial charge in [0, 0.05) is 12.1 Å². The Morgan fingerprint density at radius 2 is 2.15 bits per heavy atom. The monoisotopic (exact) mass is 278 g/mol. The number of nitrogens with one attached hydrogen (secondary N) is 2. The molecule has 1 unspecified atom stereocenters. The number of amides is 1. The first-order chi connectivity index (χ1) is 9.63. The molecule has 0 bridgehead atoms. The zero-order valence-electron chi connectivity index (χ0n) is 12.2. The summed E-state index contributed by atoms with van der Waals surface area (Å²) in [6.45, 7) is 2.09. The summed E-state index contributed by atoms with van der Waals surface area (Å²) in [5.41, 5.74) is 1.11. The standard InChI is InChI=1S/C15H22N2O3/c1-10(16-2)11-4-7-13(14(8-11)19-3)20-9-15(18)17-12-5-6-12/h4,7-8,10,12,16H,5-6,9H2,1-3H3,(H,17,18). The van der Waals surface area contributed by atoms with Crippen molar-refractivity contribution in [3.8, 4) is 11.5 Å². The molecule has 110 valence electrons. The van der Waals surface area contributed by atoms with Gasteiger partial charge in [-0.3, -0.25) is 4.79 Å². The SMILES string of the molecule is CNC(C)c1ccc(OCC(=O)NC2CC2)c(OC)c1. The Labute approximate surface area is 119 Å². The molecule has 0 aromatic heterocycles. The van der Waals surface area contributed by atoms with Gasteiger partial charge in [-0.05, 0) is 44.5 Å². The third kappa shape index (κ3) is 3.87. The second kappa shape index (κ2) is 6.61. The van der Waals surface area contributed by atoms with Crippen molar-refractivity contribution in [3.05, 3.63) is 23.8 Å². The lowest BCUT2D eigenvalue weighted by Crippen LogP contribution is -2.30. The van der Waals surface area contributed by atoms with Crippen LogP contribution in [0.4, 0.5) is 0 Å². The maximum Gasteiger partial charge on any atom is 0.258 e. The fraction of sp³-hybridized carbons (Fsp3) is 0.533. The van der Waals surface area contributed by atoms with Crippen LogP contribution in [0.3, 0.4) is 0 Å². The molecular formula is C15H22N2O3. The highest BCUT2D eigenvalue weighted by Crippen LogP contribution is 2.30. The molecule has 0 saturated heterocycles. The summed E-state index contributed by atoms with van der Waals surface area (Å²) in [5, 5.41) is 6.06. The topological polar surface area (TPSA) is 59.6 Å². The fourth-order valence-electron chi connectivity index (χ4n) is 1.88. The lowest BCUT2D eigenvalue weighted by atomic mass is 10.1. The van der Waals surface area contributed by atoms with Gasteiger partial charge in [0.05, 0.1) is 7.11 Å². The van der Waals surface area contributed by atoms with Crippen molar-refractivity contribution in [2.45, 2.75) is 31.8 Å². The smallest absolute Gasteiger partial charge is 0.258 e. The van der Waals surface area contributed by atoms with Gasteiger partial charge in [-0.15, -0.1) is 0 Å². The van der Waals surface area contributed by atoms with Crippen molar-refractivity contribution in [2.75, 3.05) is 20.8 Å². The second-order valence-electron chi connectivity index (χ2n) is 5.05. The van der Waals surface area contributed by atoms with E-state index in [1.54, 1.807) is 7.11 Å². The molecule has 1 aromatic carbocycles. The molecule has 20 heavy (non-hydrogen) atoms. The van der Waals surface area contributed by atoms with Crippen molar-refractivity contribution in [1.82, 2.24) is 10.6 Å². The Kier molecular flexibility index (Phi) is 4.84. The van der Waals surface area contributed by atoms with E-state index < -0.39 is 0 Å². The van der Waals surface area contributed by atoms with E-state index in [1.807, 2.05) is 25.2 Å². The minimum atomic E-state index is -0.0813. The fourth-order valence-corrected chi connectivity index (χ4v) is 1.88. The molecule has 1 aliphatic carbocycles. The molecule has 0 heterocycles. The number of hydrogen-bond acceptors (Lipinski definition) is 4. The van der Waals surface area contributed by atoms with Crippen LogP contribution >= 0.6 is 0 Å². The largest absolute Gasteiger partial charge is 0.493 e. The Balaban J connectivity index is 1.97. The third-order valence-corrected chi connectivity index (χ3v) is 3.42. The third-order valence-electron chi connectivity index (χ3n) is 3.42. The average Bonchev–Trinajstić information content (AvgIpc) is 3.27. The van der Waals surface area contributed by atoms with E-state index >= 15 is 0 Å². The summed E-state index contributed by atoms with van der Waals surface area (Å²) in [6, 6.07) is 6.32. The Hall–Kier alpha value is -1.75. The number of hydrogen-bond donors (Lipinski definition) is 2. The van der Waals surface area contributed by atoms with Crippen LogP contribution in [0.25, 0.3) is 0 Å². The number of rotatable bonds is 7. The van der Waals surface area contributed by atoms with Gasteiger partial charge >= 0.3 is 0 Å². The zero-order valence-corrected chi connectivity index (χ0v) is 12.2. The van der Waals surface area contributed by atoms with Gasteiger partial charge in [-0.25, -0.2) is 0 Å². The Bertz CT molecular complexity index is 472. The number of carbonyl (C=O) groups is 1. The molecule has 1 saturated carbocycles. The molecule has 1 atom stereocenters. The molecule has 0 radical (unpaired) electrons. The van der Waals surface area contributed by atoms with Crippen molar-refractivity contribution >= 4 is 5.91 Å². The summed E-state index contributed by atoms with van der Waals surface area (Å²) in [6.07, 6.45) is 2.15. The van der Waals surface area contributed by atoms with Crippen LogP contribution in [-0.2, 0) is 4.79 Å². The maximum atomic E-state index is 11.6. The maximum absolute atomic E-state index is 11.6. The molecule has 1 amide bonds. The van der Waals surface area contributed by atoms with Gasteiger partial charge < -0.3 is 20.1 Å².